The number of nitrogens with two attached hydrogens (primary N) is 1. The Morgan fingerprint density at radius 2 is 2.42 bits per heavy atom. The van der Waals surface area contributed by atoms with Crippen LogP contribution in [0.15, 0.2) is 15.9 Å². The van der Waals surface area contributed by atoms with E-state index in [0.717, 1.165) is 24.0 Å². The molecule has 0 saturated carbocycles. The molecule has 3 nitrogen and oxygen atoms in total. The summed E-state index contributed by atoms with van der Waals surface area (Å²) in [6, 6.07) is 2.62. The lowest BCUT2D eigenvalue weighted by molar-refractivity contribution is 0.0983. The first-order chi connectivity index (χ1) is 9.11. The standard InChI is InChI=1S/C14H23BrN2OS/c1-10(16)14(13-7-12(15)9-19-13)17-5-2-3-11(8-17)4-6-18/h7,9-11,14,18H,2-6,8,16H2,1H3. The number of hydrogen-bond donors (Lipinski definition) is 2. The molecule has 3 N–H and O–H groups in total. The maximum absolute atomic E-state index is 9.13. The number of rotatable bonds is 5. The lowest BCUT2D eigenvalue weighted by Gasteiger charge is -2.39. The first kappa shape index (κ1) is 15.4. The SMILES string of the molecule is CC(N)C(c1cc(Br)cs1)N1CCCC(CCO)C1. The summed E-state index contributed by atoms with van der Waals surface area (Å²) in [5.74, 6) is 0.614. The Hall–Kier alpha value is 0.0600. The third-order valence-corrected chi connectivity index (χ3v) is 5.62. The van der Waals surface area contributed by atoms with Gasteiger partial charge >= 0.3 is 0 Å². The summed E-state index contributed by atoms with van der Waals surface area (Å²) >= 11 is 5.30. The number of halogens is 1. The van der Waals surface area contributed by atoms with Crippen LogP contribution in [0.5, 0.6) is 0 Å². The van der Waals surface area contributed by atoms with Crippen LogP contribution in [0.25, 0.3) is 0 Å². The van der Waals surface area contributed by atoms with Crippen LogP contribution in [0.1, 0.15) is 37.1 Å². The summed E-state index contributed by atoms with van der Waals surface area (Å²) in [5.41, 5.74) is 6.23. The summed E-state index contributed by atoms with van der Waals surface area (Å²) in [6.07, 6.45) is 3.35. The van der Waals surface area contributed by atoms with Gasteiger partial charge in [-0.25, -0.2) is 0 Å². The van der Waals surface area contributed by atoms with Gasteiger partial charge in [-0.1, -0.05) is 0 Å². The minimum atomic E-state index is 0.124. The lowest BCUT2D eigenvalue weighted by atomic mass is 9.92. The van der Waals surface area contributed by atoms with Crippen molar-refractivity contribution in [1.29, 1.82) is 0 Å². The van der Waals surface area contributed by atoms with Gasteiger partial charge in [0.05, 0.1) is 6.04 Å². The van der Waals surface area contributed by atoms with Crippen molar-refractivity contribution >= 4 is 27.3 Å². The van der Waals surface area contributed by atoms with Crippen LogP contribution >= 0.6 is 27.3 Å². The van der Waals surface area contributed by atoms with Gasteiger partial charge in [-0.05, 0) is 60.6 Å². The molecule has 1 aliphatic heterocycles. The zero-order valence-corrected chi connectivity index (χ0v) is 13.8. The van der Waals surface area contributed by atoms with Crippen LogP contribution in [-0.2, 0) is 0 Å². The Labute approximate surface area is 127 Å². The van der Waals surface area contributed by atoms with E-state index in [9.17, 15) is 0 Å². The number of piperidine rings is 1. The molecule has 3 atom stereocenters. The molecule has 2 heterocycles. The number of aliphatic hydroxyl groups excluding tert-OH is 1. The highest BCUT2D eigenvalue weighted by atomic mass is 79.9. The molecular formula is C14H23BrN2OS. The van der Waals surface area contributed by atoms with Crippen LogP contribution < -0.4 is 5.73 Å². The molecule has 0 spiro atoms. The van der Waals surface area contributed by atoms with Gasteiger partial charge in [0.2, 0.25) is 0 Å². The van der Waals surface area contributed by atoms with E-state index in [0.29, 0.717) is 18.6 Å². The lowest BCUT2D eigenvalue weighted by Crippen LogP contribution is -2.44. The van der Waals surface area contributed by atoms with Gasteiger partial charge < -0.3 is 10.8 Å². The molecular weight excluding hydrogens is 324 g/mol. The minimum Gasteiger partial charge on any atom is -0.396 e. The van der Waals surface area contributed by atoms with Gasteiger partial charge in [-0.15, -0.1) is 11.3 Å². The van der Waals surface area contributed by atoms with Crippen molar-refractivity contribution < 1.29 is 5.11 Å². The zero-order valence-electron chi connectivity index (χ0n) is 11.4. The smallest absolute Gasteiger partial charge is 0.0591 e. The first-order valence-corrected chi connectivity index (χ1v) is 8.63. The molecule has 1 aliphatic rings. The van der Waals surface area contributed by atoms with E-state index in [2.05, 4.69) is 39.2 Å². The molecule has 0 radical (unpaired) electrons. The molecule has 1 saturated heterocycles. The van der Waals surface area contributed by atoms with Gasteiger partial charge in [0.25, 0.3) is 0 Å². The van der Waals surface area contributed by atoms with Crippen molar-refractivity contribution in [3.05, 3.63) is 20.8 Å². The Morgan fingerprint density at radius 3 is 3.00 bits per heavy atom. The third kappa shape index (κ3) is 4.02. The average Bonchev–Trinajstić information content (AvgIpc) is 2.76. The monoisotopic (exact) mass is 346 g/mol. The van der Waals surface area contributed by atoms with E-state index >= 15 is 0 Å². The van der Waals surface area contributed by atoms with Crippen molar-refractivity contribution in [2.24, 2.45) is 11.7 Å². The Balaban J connectivity index is 2.10. The molecule has 0 aromatic carbocycles. The minimum absolute atomic E-state index is 0.124. The van der Waals surface area contributed by atoms with Crippen LogP contribution in [0, 0.1) is 5.92 Å². The Morgan fingerprint density at radius 1 is 1.63 bits per heavy atom. The largest absolute Gasteiger partial charge is 0.396 e. The van der Waals surface area contributed by atoms with Crippen LogP contribution in [0.4, 0.5) is 0 Å². The van der Waals surface area contributed by atoms with Gasteiger partial charge in [0.15, 0.2) is 0 Å². The van der Waals surface area contributed by atoms with Crippen molar-refractivity contribution in [3.63, 3.8) is 0 Å². The molecule has 5 heteroatoms. The van der Waals surface area contributed by atoms with Gasteiger partial charge in [-0.3, -0.25) is 4.90 Å². The summed E-state index contributed by atoms with van der Waals surface area (Å²) in [5, 5.41) is 11.3. The molecule has 0 amide bonds. The van der Waals surface area contributed by atoms with Crippen molar-refractivity contribution in [3.8, 4) is 0 Å². The van der Waals surface area contributed by atoms with E-state index in [1.807, 2.05) is 0 Å². The van der Waals surface area contributed by atoms with Gasteiger partial charge in [0.1, 0.15) is 0 Å². The predicted molar refractivity (Wildman–Crippen MR) is 84.4 cm³/mol. The highest BCUT2D eigenvalue weighted by Gasteiger charge is 2.29. The third-order valence-electron chi connectivity index (χ3n) is 3.86. The highest BCUT2D eigenvalue weighted by molar-refractivity contribution is 9.10. The average molecular weight is 347 g/mol. The number of likely N-dealkylation sites (tertiary alicyclic amines) is 1. The molecule has 19 heavy (non-hydrogen) atoms. The fourth-order valence-corrected chi connectivity index (χ4v) is 4.72. The number of hydrogen-bond acceptors (Lipinski definition) is 4. The van der Waals surface area contributed by atoms with E-state index in [1.165, 1.54) is 17.7 Å². The summed E-state index contributed by atoms with van der Waals surface area (Å²) < 4.78 is 1.14. The molecule has 0 aliphatic carbocycles. The summed E-state index contributed by atoms with van der Waals surface area (Å²) in [7, 11) is 0. The summed E-state index contributed by atoms with van der Waals surface area (Å²) in [6.45, 7) is 4.56. The van der Waals surface area contributed by atoms with Crippen molar-refractivity contribution in [1.82, 2.24) is 4.90 Å². The van der Waals surface area contributed by atoms with Crippen molar-refractivity contribution in [2.75, 3.05) is 19.7 Å². The quantitative estimate of drug-likeness (QED) is 0.861. The van der Waals surface area contributed by atoms with Crippen LogP contribution in [0.3, 0.4) is 0 Å². The molecule has 1 aromatic rings. The van der Waals surface area contributed by atoms with Gasteiger partial charge in [0, 0.05) is 33.9 Å². The Bertz CT molecular complexity index is 395. The van der Waals surface area contributed by atoms with E-state index in [-0.39, 0.29) is 6.04 Å². The molecule has 108 valence electrons. The second kappa shape index (κ2) is 7.18. The van der Waals surface area contributed by atoms with Crippen molar-refractivity contribution in [2.45, 2.75) is 38.3 Å². The number of thiophene rings is 1. The molecule has 0 bridgehead atoms. The maximum Gasteiger partial charge on any atom is 0.0591 e. The summed E-state index contributed by atoms with van der Waals surface area (Å²) in [4.78, 5) is 3.85. The van der Waals surface area contributed by atoms with Crippen LogP contribution in [0.2, 0.25) is 0 Å². The second-order valence-electron chi connectivity index (χ2n) is 5.49. The van der Waals surface area contributed by atoms with E-state index < -0.39 is 0 Å². The zero-order chi connectivity index (χ0) is 13.8. The molecule has 1 fully saturated rings. The molecule has 1 aromatic heterocycles. The highest BCUT2D eigenvalue weighted by Crippen LogP contribution is 2.34. The van der Waals surface area contributed by atoms with Gasteiger partial charge in [-0.2, -0.15) is 0 Å². The topological polar surface area (TPSA) is 49.5 Å². The number of aliphatic hydroxyl groups is 1. The Kier molecular flexibility index (Phi) is 5.84. The predicted octanol–water partition coefficient (Wildman–Crippen LogP) is 2.99. The fraction of sp³-hybridized carbons (Fsp3) is 0.714. The van der Waals surface area contributed by atoms with E-state index in [4.69, 9.17) is 10.8 Å². The van der Waals surface area contributed by atoms with Crippen LogP contribution in [-0.4, -0.2) is 35.7 Å². The molecule has 2 rings (SSSR count). The molecule has 3 unspecified atom stereocenters. The first-order valence-electron chi connectivity index (χ1n) is 6.96. The second-order valence-corrected chi connectivity index (χ2v) is 7.35. The maximum atomic E-state index is 9.13. The van der Waals surface area contributed by atoms with E-state index in [1.54, 1.807) is 11.3 Å². The fourth-order valence-electron chi connectivity index (χ4n) is 3.02. The normalized spacial score (nSPS) is 24.3. The number of nitrogens with zero attached hydrogens (tertiary/aromatic N) is 1.